The summed E-state index contributed by atoms with van der Waals surface area (Å²) in [4.78, 5) is 16.0. The summed E-state index contributed by atoms with van der Waals surface area (Å²) in [6, 6.07) is 4.58. The van der Waals surface area contributed by atoms with Crippen molar-refractivity contribution < 1.29 is 9.18 Å². The number of benzene rings is 1. The Bertz CT molecular complexity index is 582. The first-order valence-electron chi connectivity index (χ1n) is 5.34. The number of halogens is 2. The minimum Gasteiger partial charge on any atom is -0.335 e. The Morgan fingerprint density at radius 3 is 3.00 bits per heavy atom. The summed E-state index contributed by atoms with van der Waals surface area (Å²) in [5, 5.41) is 0. The maximum atomic E-state index is 13.8. The molecule has 4 nitrogen and oxygen atoms in total. The van der Waals surface area contributed by atoms with Crippen LogP contribution in [-0.4, -0.2) is 21.9 Å². The van der Waals surface area contributed by atoms with Crippen LogP contribution in [0.25, 0.3) is 0 Å². The van der Waals surface area contributed by atoms with Crippen LogP contribution in [0.5, 0.6) is 0 Å². The van der Waals surface area contributed by atoms with Crippen LogP contribution in [0.2, 0.25) is 0 Å². The van der Waals surface area contributed by atoms with E-state index < -0.39 is 11.6 Å². The van der Waals surface area contributed by atoms with E-state index in [4.69, 9.17) is 5.73 Å². The highest BCUT2D eigenvalue weighted by Gasteiger charge is 2.17. The Kier molecular flexibility index (Phi) is 3.88. The van der Waals surface area contributed by atoms with Crippen molar-refractivity contribution in [3.8, 4) is 0 Å². The zero-order valence-electron chi connectivity index (χ0n) is 9.44. The van der Waals surface area contributed by atoms with E-state index in [1.165, 1.54) is 12.4 Å². The summed E-state index contributed by atoms with van der Waals surface area (Å²) in [6.45, 7) is 1.02. The van der Waals surface area contributed by atoms with Gasteiger partial charge in [-0.3, -0.25) is 4.79 Å². The highest BCUT2D eigenvalue weighted by Crippen LogP contribution is 2.20. The largest absolute Gasteiger partial charge is 0.335 e. The number of hydrogen-bond acceptors (Lipinski definition) is 3. The molecule has 0 atom stereocenters. The van der Waals surface area contributed by atoms with Crippen LogP contribution in [0, 0.1) is 5.82 Å². The fourth-order valence-corrected chi connectivity index (χ4v) is 1.93. The van der Waals surface area contributed by atoms with Crippen LogP contribution in [0.3, 0.4) is 0 Å². The number of rotatable bonds is 4. The number of hydrogen-bond donors (Lipinski definition) is 1. The smallest absolute Gasteiger partial charge is 0.215 e. The van der Waals surface area contributed by atoms with Gasteiger partial charge in [0, 0.05) is 19.3 Å². The predicted molar refractivity (Wildman–Crippen MR) is 68.8 cm³/mol. The molecule has 2 N–H and O–H groups in total. The quantitative estimate of drug-likeness (QED) is 0.878. The van der Waals surface area contributed by atoms with Gasteiger partial charge in [-0.2, -0.15) is 0 Å². The van der Waals surface area contributed by atoms with Crippen LogP contribution >= 0.6 is 15.9 Å². The zero-order valence-corrected chi connectivity index (χ0v) is 11.0. The lowest BCUT2D eigenvalue weighted by atomic mass is 10.1. The SMILES string of the molecule is NCCn1cnc(C(=O)c2cccc(Br)c2F)c1. The van der Waals surface area contributed by atoms with Gasteiger partial charge >= 0.3 is 0 Å². The monoisotopic (exact) mass is 311 g/mol. The normalized spacial score (nSPS) is 10.6. The molecule has 0 aliphatic carbocycles. The van der Waals surface area contributed by atoms with Gasteiger partial charge in [-0.15, -0.1) is 0 Å². The third-order valence-electron chi connectivity index (χ3n) is 2.45. The topological polar surface area (TPSA) is 60.9 Å². The molecule has 0 saturated carbocycles. The molecule has 0 saturated heterocycles. The lowest BCUT2D eigenvalue weighted by Gasteiger charge is -2.01. The molecule has 94 valence electrons. The lowest BCUT2D eigenvalue weighted by molar-refractivity contribution is 0.103. The van der Waals surface area contributed by atoms with E-state index in [2.05, 4.69) is 20.9 Å². The zero-order chi connectivity index (χ0) is 13.1. The number of carbonyl (C=O) groups excluding carboxylic acids is 1. The first-order chi connectivity index (χ1) is 8.63. The van der Waals surface area contributed by atoms with Crippen LogP contribution in [0.15, 0.2) is 35.2 Å². The van der Waals surface area contributed by atoms with E-state index in [1.807, 2.05) is 0 Å². The lowest BCUT2D eigenvalue weighted by Crippen LogP contribution is -2.08. The highest BCUT2D eigenvalue weighted by molar-refractivity contribution is 9.10. The second-order valence-corrected chi connectivity index (χ2v) is 4.57. The Morgan fingerprint density at radius 1 is 1.50 bits per heavy atom. The van der Waals surface area contributed by atoms with E-state index in [-0.39, 0.29) is 15.7 Å². The summed E-state index contributed by atoms with van der Waals surface area (Å²) < 4.78 is 15.7. The predicted octanol–water partition coefficient (Wildman–Crippen LogP) is 1.97. The van der Waals surface area contributed by atoms with Crippen molar-refractivity contribution in [3.05, 3.63) is 52.3 Å². The first kappa shape index (κ1) is 12.9. The van der Waals surface area contributed by atoms with Crippen molar-refractivity contribution in [2.24, 2.45) is 5.73 Å². The number of aromatic nitrogens is 2. The molecule has 18 heavy (non-hydrogen) atoms. The molecule has 1 aromatic carbocycles. The van der Waals surface area contributed by atoms with Gasteiger partial charge in [-0.25, -0.2) is 9.37 Å². The molecule has 0 spiro atoms. The summed E-state index contributed by atoms with van der Waals surface area (Å²) in [7, 11) is 0. The molecule has 1 aromatic heterocycles. The Balaban J connectivity index is 2.32. The first-order valence-corrected chi connectivity index (χ1v) is 6.13. The van der Waals surface area contributed by atoms with Gasteiger partial charge in [-0.1, -0.05) is 6.07 Å². The van der Waals surface area contributed by atoms with E-state index in [9.17, 15) is 9.18 Å². The van der Waals surface area contributed by atoms with Crippen molar-refractivity contribution in [1.29, 1.82) is 0 Å². The van der Waals surface area contributed by atoms with Gasteiger partial charge in [0.1, 0.15) is 11.5 Å². The fourth-order valence-electron chi connectivity index (χ4n) is 1.57. The molecule has 0 unspecified atom stereocenters. The van der Waals surface area contributed by atoms with Crippen LogP contribution < -0.4 is 5.73 Å². The summed E-state index contributed by atoms with van der Waals surface area (Å²) in [5.41, 5.74) is 5.61. The van der Waals surface area contributed by atoms with Gasteiger partial charge in [0.25, 0.3) is 0 Å². The number of nitrogens with zero attached hydrogens (tertiary/aromatic N) is 2. The summed E-state index contributed by atoms with van der Waals surface area (Å²) >= 11 is 3.05. The number of carbonyl (C=O) groups is 1. The fraction of sp³-hybridized carbons (Fsp3) is 0.167. The van der Waals surface area contributed by atoms with Gasteiger partial charge in [0.2, 0.25) is 5.78 Å². The van der Waals surface area contributed by atoms with Crippen LogP contribution in [0.1, 0.15) is 16.1 Å². The minimum absolute atomic E-state index is 0.00220. The Morgan fingerprint density at radius 2 is 2.28 bits per heavy atom. The molecule has 0 amide bonds. The van der Waals surface area contributed by atoms with Gasteiger partial charge in [-0.05, 0) is 28.1 Å². The van der Waals surface area contributed by atoms with Crippen LogP contribution in [0.4, 0.5) is 4.39 Å². The third kappa shape index (κ3) is 2.49. The second kappa shape index (κ2) is 5.41. The molecule has 2 rings (SSSR count). The van der Waals surface area contributed by atoms with E-state index in [0.29, 0.717) is 13.1 Å². The average molecular weight is 312 g/mol. The van der Waals surface area contributed by atoms with Gasteiger partial charge in [0.05, 0.1) is 16.4 Å². The molecule has 0 fully saturated rings. The molecule has 0 aliphatic heterocycles. The van der Waals surface area contributed by atoms with Crippen molar-refractivity contribution >= 4 is 21.7 Å². The van der Waals surface area contributed by atoms with Crippen molar-refractivity contribution in [2.75, 3.05) is 6.54 Å². The van der Waals surface area contributed by atoms with E-state index in [0.717, 1.165) is 0 Å². The molecule has 6 heteroatoms. The van der Waals surface area contributed by atoms with E-state index >= 15 is 0 Å². The Hall–Kier alpha value is -1.53. The average Bonchev–Trinajstić information content (AvgIpc) is 2.81. The minimum atomic E-state index is -0.573. The summed E-state index contributed by atoms with van der Waals surface area (Å²) in [5.74, 6) is -1.01. The van der Waals surface area contributed by atoms with E-state index in [1.54, 1.807) is 22.9 Å². The maximum absolute atomic E-state index is 13.8. The number of imidazole rings is 1. The maximum Gasteiger partial charge on any atom is 0.215 e. The molecule has 0 radical (unpaired) electrons. The second-order valence-electron chi connectivity index (χ2n) is 3.72. The molecule has 2 aromatic rings. The van der Waals surface area contributed by atoms with Crippen molar-refractivity contribution in [1.82, 2.24) is 9.55 Å². The van der Waals surface area contributed by atoms with Gasteiger partial charge < -0.3 is 10.3 Å². The number of ketones is 1. The van der Waals surface area contributed by atoms with Gasteiger partial charge in [0.15, 0.2) is 0 Å². The van der Waals surface area contributed by atoms with Crippen molar-refractivity contribution in [3.63, 3.8) is 0 Å². The standard InChI is InChI=1S/C12H11BrFN3O/c13-9-3-1-2-8(11(9)14)12(18)10-6-17(5-4-15)7-16-10/h1-3,6-7H,4-5,15H2. The molecule has 1 heterocycles. The third-order valence-corrected chi connectivity index (χ3v) is 3.06. The highest BCUT2D eigenvalue weighted by atomic mass is 79.9. The number of nitrogens with two attached hydrogens (primary N) is 1. The Labute approximate surface area is 112 Å². The molecule has 0 bridgehead atoms. The van der Waals surface area contributed by atoms with Crippen molar-refractivity contribution in [2.45, 2.75) is 6.54 Å². The molecule has 0 aliphatic rings. The molecular weight excluding hydrogens is 301 g/mol. The summed E-state index contributed by atoms with van der Waals surface area (Å²) in [6.07, 6.45) is 3.07. The van der Waals surface area contributed by atoms with Crippen LogP contribution in [-0.2, 0) is 6.54 Å². The molecular formula is C12H11BrFN3O.